The Balaban J connectivity index is 1.20. The number of piperidine rings is 1. The van der Waals surface area contributed by atoms with Crippen LogP contribution in [0.4, 0.5) is 5.82 Å². The van der Waals surface area contributed by atoms with Crippen molar-refractivity contribution in [3.05, 3.63) is 59.8 Å². The van der Waals surface area contributed by atoms with Gasteiger partial charge in [0.15, 0.2) is 0 Å². The van der Waals surface area contributed by atoms with E-state index >= 15 is 0 Å². The standard InChI is InChI=1S/C26H36N6O/c1-29-12-8-23(9-13-29)30-15-17-31(18-16-30)26(33)22-7-10-28-25(19-22)32-14-11-27-24(20-32)21-5-3-2-4-6-21/h2-7,10,19,23-24,27H,8-9,11-18,20H2,1H3/t24-/m1/s1. The minimum absolute atomic E-state index is 0.136. The molecule has 0 radical (unpaired) electrons. The summed E-state index contributed by atoms with van der Waals surface area (Å²) in [6, 6.07) is 15.4. The van der Waals surface area contributed by atoms with Crippen molar-refractivity contribution < 1.29 is 4.79 Å². The molecule has 0 aliphatic carbocycles. The van der Waals surface area contributed by atoms with Crippen molar-refractivity contribution in [3.63, 3.8) is 0 Å². The molecule has 1 N–H and O–H groups in total. The van der Waals surface area contributed by atoms with Gasteiger partial charge in [0, 0.05) is 69.7 Å². The van der Waals surface area contributed by atoms with Crippen molar-refractivity contribution in [2.45, 2.75) is 24.9 Å². The van der Waals surface area contributed by atoms with Gasteiger partial charge in [0.2, 0.25) is 0 Å². The first kappa shape index (κ1) is 22.3. The average Bonchev–Trinajstić information content (AvgIpc) is 2.89. The van der Waals surface area contributed by atoms with Crippen LogP contribution in [0.25, 0.3) is 0 Å². The number of likely N-dealkylation sites (tertiary alicyclic amines) is 1. The Hall–Kier alpha value is -2.48. The largest absolute Gasteiger partial charge is 0.353 e. The van der Waals surface area contributed by atoms with Crippen LogP contribution in [0.1, 0.15) is 34.8 Å². The minimum Gasteiger partial charge on any atom is -0.353 e. The van der Waals surface area contributed by atoms with E-state index in [9.17, 15) is 4.79 Å². The lowest BCUT2D eigenvalue weighted by atomic mass is 10.0. The number of carbonyl (C=O) groups excluding carboxylic acids is 1. The predicted octanol–water partition coefficient (Wildman–Crippen LogP) is 2.08. The number of piperazine rings is 2. The Morgan fingerprint density at radius 1 is 0.970 bits per heavy atom. The summed E-state index contributed by atoms with van der Waals surface area (Å²) in [5, 5.41) is 3.61. The van der Waals surface area contributed by atoms with Gasteiger partial charge in [-0.15, -0.1) is 0 Å². The summed E-state index contributed by atoms with van der Waals surface area (Å²) in [5.74, 6) is 1.03. The third kappa shape index (κ3) is 5.21. The van der Waals surface area contributed by atoms with Crippen LogP contribution < -0.4 is 10.2 Å². The van der Waals surface area contributed by atoms with Crippen molar-refractivity contribution in [1.29, 1.82) is 0 Å². The van der Waals surface area contributed by atoms with Crippen molar-refractivity contribution in [2.24, 2.45) is 0 Å². The highest BCUT2D eigenvalue weighted by molar-refractivity contribution is 5.95. The van der Waals surface area contributed by atoms with E-state index in [0.29, 0.717) is 6.04 Å². The lowest BCUT2D eigenvalue weighted by molar-refractivity contribution is 0.0475. The molecular formula is C26H36N6O. The molecule has 2 aromatic rings. The summed E-state index contributed by atoms with van der Waals surface area (Å²) in [6.45, 7) is 8.59. The summed E-state index contributed by atoms with van der Waals surface area (Å²) in [4.78, 5) is 27.2. The summed E-state index contributed by atoms with van der Waals surface area (Å²) in [6.07, 6.45) is 4.27. The summed E-state index contributed by atoms with van der Waals surface area (Å²) in [5.41, 5.74) is 2.04. The van der Waals surface area contributed by atoms with Crippen LogP contribution in [0.2, 0.25) is 0 Å². The SMILES string of the molecule is CN1CCC(N2CCN(C(=O)c3ccnc(N4CCN[C@@H](c5ccccc5)C4)c3)CC2)CC1. The normalized spacial score (nSPS) is 23.6. The van der Waals surface area contributed by atoms with E-state index in [1.807, 2.05) is 23.1 Å². The van der Waals surface area contributed by atoms with E-state index < -0.39 is 0 Å². The van der Waals surface area contributed by atoms with Gasteiger partial charge in [-0.2, -0.15) is 0 Å². The van der Waals surface area contributed by atoms with Crippen LogP contribution in [0, 0.1) is 0 Å². The molecule has 1 aromatic heterocycles. The number of aromatic nitrogens is 1. The van der Waals surface area contributed by atoms with Crippen LogP contribution in [0.3, 0.4) is 0 Å². The van der Waals surface area contributed by atoms with Gasteiger partial charge < -0.3 is 20.0 Å². The highest BCUT2D eigenvalue weighted by atomic mass is 16.2. The summed E-state index contributed by atoms with van der Waals surface area (Å²) >= 11 is 0. The predicted molar refractivity (Wildman–Crippen MR) is 132 cm³/mol. The molecule has 7 heteroatoms. The molecular weight excluding hydrogens is 412 g/mol. The van der Waals surface area contributed by atoms with Gasteiger partial charge in [0.1, 0.15) is 5.82 Å². The maximum atomic E-state index is 13.3. The molecule has 0 unspecified atom stereocenters. The van der Waals surface area contributed by atoms with E-state index in [1.54, 1.807) is 6.20 Å². The van der Waals surface area contributed by atoms with E-state index in [2.05, 4.69) is 56.3 Å². The first-order chi connectivity index (χ1) is 16.2. The minimum atomic E-state index is 0.136. The molecule has 3 aliphatic rings. The maximum absolute atomic E-state index is 13.3. The second kappa shape index (κ2) is 10.2. The second-order valence-corrected chi connectivity index (χ2v) is 9.63. The van der Waals surface area contributed by atoms with E-state index in [1.165, 1.54) is 31.5 Å². The van der Waals surface area contributed by atoms with Crippen LogP contribution in [0.5, 0.6) is 0 Å². The molecule has 0 bridgehead atoms. The fourth-order valence-corrected chi connectivity index (χ4v) is 5.42. The number of hydrogen-bond acceptors (Lipinski definition) is 6. The number of pyridine rings is 1. The Bertz CT molecular complexity index is 921. The Kier molecular flexibility index (Phi) is 6.90. The van der Waals surface area contributed by atoms with Crippen LogP contribution in [-0.4, -0.2) is 97.6 Å². The molecule has 3 aliphatic heterocycles. The van der Waals surface area contributed by atoms with Crippen LogP contribution >= 0.6 is 0 Å². The molecule has 0 spiro atoms. The highest BCUT2D eigenvalue weighted by Crippen LogP contribution is 2.23. The Morgan fingerprint density at radius 3 is 2.48 bits per heavy atom. The van der Waals surface area contributed by atoms with E-state index in [-0.39, 0.29) is 11.9 Å². The van der Waals surface area contributed by atoms with Gasteiger partial charge in [0.25, 0.3) is 5.91 Å². The number of carbonyl (C=O) groups is 1. The number of anilines is 1. The Labute approximate surface area is 197 Å². The molecule has 7 nitrogen and oxygen atoms in total. The molecule has 33 heavy (non-hydrogen) atoms. The van der Waals surface area contributed by atoms with Gasteiger partial charge >= 0.3 is 0 Å². The molecule has 5 rings (SSSR count). The fourth-order valence-electron chi connectivity index (χ4n) is 5.42. The number of hydrogen-bond donors (Lipinski definition) is 1. The molecule has 1 aromatic carbocycles. The monoisotopic (exact) mass is 448 g/mol. The lowest BCUT2D eigenvalue weighted by Gasteiger charge is -2.42. The van der Waals surface area contributed by atoms with Gasteiger partial charge in [-0.3, -0.25) is 9.69 Å². The van der Waals surface area contributed by atoms with Crippen LogP contribution in [0.15, 0.2) is 48.7 Å². The number of benzene rings is 1. The summed E-state index contributed by atoms with van der Waals surface area (Å²) < 4.78 is 0. The molecule has 176 valence electrons. The van der Waals surface area contributed by atoms with Crippen molar-refractivity contribution in [2.75, 3.05) is 70.9 Å². The first-order valence-corrected chi connectivity index (χ1v) is 12.4. The zero-order chi connectivity index (χ0) is 22.6. The molecule has 1 atom stereocenters. The zero-order valence-electron chi connectivity index (χ0n) is 19.7. The third-order valence-electron chi connectivity index (χ3n) is 7.50. The number of amides is 1. The first-order valence-electron chi connectivity index (χ1n) is 12.4. The van der Waals surface area contributed by atoms with Crippen molar-refractivity contribution >= 4 is 11.7 Å². The number of nitrogens with zero attached hydrogens (tertiary/aromatic N) is 5. The molecule has 3 fully saturated rings. The zero-order valence-corrected chi connectivity index (χ0v) is 19.7. The molecule has 4 heterocycles. The number of rotatable bonds is 4. The van der Waals surface area contributed by atoms with Crippen molar-refractivity contribution in [1.82, 2.24) is 25.0 Å². The smallest absolute Gasteiger partial charge is 0.254 e. The number of nitrogens with one attached hydrogen (secondary N) is 1. The molecule has 3 saturated heterocycles. The van der Waals surface area contributed by atoms with Gasteiger partial charge in [-0.05, 0) is 50.7 Å². The topological polar surface area (TPSA) is 55.0 Å². The molecule has 1 amide bonds. The highest BCUT2D eigenvalue weighted by Gasteiger charge is 2.29. The second-order valence-electron chi connectivity index (χ2n) is 9.63. The molecule has 0 saturated carbocycles. The van der Waals surface area contributed by atoms with Gasteiger partial charge in [-0.25, -0.2) is 4.98 Å². The van der Waals surface area contributed by atoms with Gasteiger partial charge in [0.05, 0.1) is 0 Å². The Morgan fingerprint density at radius 2 is 1.73 bits per heavy atom. The summed E-state index contributed by atoms with van der Waals surface area (Å²) in [7, 11) is 2.21. The lowest BCUT2D eigenvalue weighted by Crippen LogP contribution is -2.54. The van der Waals surface area contributed by atoms with Crippen molar-refractivity contribution in [3.8, 4) is 0 Å². The van der Waals surface area contributed by atoms with E-state index in [4.69, 9.17) is 0 Å². The average molecular weight is 449 g/mol. The fraction of sp³-hybridized carbons (Fsp3) is 0.538. The van der Waals surface area contributed by atoms with Gasteiger partial charge in [-0.1, -0.05) is 30.3 Å². The van der Waals surface area contributed by atoms with Crippen LogP contribution in [-0.2, 0) is 0 Å². The third-order valence-corrected chi connectivity index (χ3v) is 7.50. The maximum Gasteiger partial charge on any atom is 0.254 e. The van der Waals surface area contributed by atoms with E-state index in [0.717, 1.165) is 57.2 Å². The quantitative estimate of drug-likeness (QED) is 0.773.